The van der Waals surface area contributed by atoms with Gasteiger partial charge < -0.3 is 9.80 Å². The lowest BCUT2D eigenvalue weighted by atomic mass is 10.0. The second-order valence-electron chi connectivity index (χ2n) is 6.39. The van der Waals surface area contributed by atoms with Crippen molar-refractivity contribution in [3.05, 3.63) is 75.9 Å². The summed E-state index contributed by atoms with van der Waals surface area (Å²) in [5, 5.41) is 6.52. The molecule has 1 fully saturated rings. The van der Waals surface area contributed by atoms with Crippen LogP contribution in [0.2, 0.25) is 5.02 Å². The van der Waals surface area contributed by atoms with E-state index in [0.29, 0.717) is 23.8 Å². The van der Waals surface area contributed by atoms with Gasteiger partial charge in [0.05, 0.1) is 11.2 Å². The Hall–Kier alpha value is -2.86. The van der Waals surface area contributed by atoms with Crippen LogP contribution >= 0.6 is 11.6 Å². The second-order valence-corrected chi connectivity index (χ2v) is 6.80. The van der Waals surface area contributed by atoms with E-state index in [2.05, 4.69) is 21.2 Å². The standard InChI is InChI=1S/C20H18ClFN4O/c21-17-13-23-24-20(27)19(17)26-11-9-25(10-12-26)18-4-2-1-3-16(18)14-5-7-15(22)8-6-14/h1-8,13H,9-12H2,(H,24,27). The minimum atomic E-state index is -0.275. The molecule has 0 atom stereocenters. The van der Waals surface area contributed by atoms with Crippen LogP contribution in [0.1, 0.15) is 0 Å². The quantitative estimate of drug-likeness (QED) is 0.750. The first-order valence-electron chi connectivity index (χ1n) is 8.71. The van der Waals surface area contributed by atoms with Crippen molar-refractivity contribution in [3.8, 4) is 11.1 Å². The van der Waals surface area contributed by atoms with Crippen molar-refractivity contribution in [1.82, 2.24) is 10.2 Å². The second kappa shape index (κ2) is 7.40. The molecule has 0 bridgehead atoms. The lowest BCUT2D eigenvalue weighted by Gasteiger charge is -2.38. The van der Waals surface area contributed by atoms with E-state index >= 15 is 0 Å². The number of hydrogen-bond donors (Lipinski definition) is 1. The summed E-state index contributed by atoms with van der Waals surface area (Å²) in [4.78, 5) is 16.3. The van der Waals surface area contributed by atoms with Gasteiger partial charge in [0.25, 0.3) is 5.56 Å². The van der Waals surface area contributed by atoms with Gasteiger partial charge in [-0.3, -0.25) is 4.79 Å². The SMILES string of the molecule is O=c1[nH]ncc(Cl)c1N1CCN(c2ccccc2-c2ccc(F)cc2)CC1. The molecule has 1 aliphatic heterocycles. The number of H-pyrrole nitrogens is 1. The Bertz CT molecular complexity index is 997. The first-order chi connectivity index (χ1) is 13.1. The predicted octanol–water partition coefficient (Wildman–Crippen LogP) is 3.56. The number of para-hydroxylation sites is 1. The van der Waals surface area contributed by atoms with Gasteiger partial charge in [0.1, 0.15) is 11.5 Å². The third kappa shape index (κ3) is 3.53. The van der Waals surface area contributed by atoms with Crippen LogP contribution in [0, 0.1) is 5.82 Å². The number of aromatic amines is 1. The summed E-state index contributed by atoms with van der Waals surface area (Å²) in [5.74, 6) is -0.246. The van der Waals surface area contributed by atoms with Gasteiger partial charge in [-0.15, -0.1) is 0 Å². The Morgan fingerprint density at radius 1 is 0.963 bits per heavy atom. The number of piperazine rings is 1. The van der Waals surface area contributed by atoms with E-state index in [-0.39, 0.29) is 11.4 Å². The Morgan fingerprint density at radius 2 is 1.63 bits per heavy atom. The molecular weight excluding hydrogens is 367 g/mol. The summed E-state index contributed by atoms with van der Waals surface area (Å²) >= 11 is 6.17. The van der Waals surface area contributed by atoms with Crippen molar-refractivity contribution >= 4 is 23.0 Å². The smallest absolute Gasteiger partial charge is 0.289 e. The maximum absolute atomic E-state index is 13.3. The molecule has 27 heavy (non-hydrogen) atoms. The van der Waals surface area contributed by atoms with Crippen LogP contribution < -0.4 is 15.4 Å². The first-order valence-corrected chi connectivity index (χ1v) is 9.09. The van der Waals surface area contributed by atoms with E-state index in [4.69, 9.17) is 11.6 Å². The molecule has 0 saturated carbocycles. The lowest BCUT2D eigenvalue weighted by molar-refractivity contribution is 0.628. The Morgan fingerprint density at radius 3 is 2.33 bits per heavy atom. The molecule has 138 valence electrons. The monoisotopic (exact) mass is 384 g/mol. The molecule has 0 aliphatic carbocycles. The van der Waals surface area contributed by atoms with Crippen molar-refractivity contribution in [2.45, 2.75) is 0 Å². The maximum Gasteiger partial charge on any atom is 0.289 e. The van der Waals surface area contributed by atoms with Gasteiger partial charge in [0, 0.05) is 37.4 Å². The van der Waals surface area contributed by atoms with Gasteiger partial charge in [-0.05, 0) is 23.8 Å². The summed E-state index contributed by atoms with van der Waals surface area (Å²) in [6.45, 7) is 2.84. The molecule has 1 N–H and O–H groups in total. The number of rotatable bonds is 3. The normalized spacial score (nSPS) is 14.4. The molecule has 0 amide bonds. The Balaban J connectivity index is 1.57. The van der Waals surface area contributed by atoms with Crippen molar-refractivity contribution in [1.29, 1.82) is 0 Å². The highest BCUT2D eigenvalue weighted by atomic mass is 35.5. The lowest BCUT2D eigenvalue weighted by Crippen LogP contribution is -2.48. The highest BCUT2D eigenvalue weighted by Gasteiger charge is 2.23. The fourth-order valence-corrected chi connectivity index (χ4v) is 3.71. The maximum atomic E-state index is 13.3. The molecule has 1 aliphatic rings. The number of halogens is 2. The zero-order valence-electron chi connectivity index (χ0n) is 14.5. The molecule has 4 rings (SSSR count). The predicted molar refractivity (Wildman–Crippen MR) is 106 cm³/mol. The summed E-state index contributed by atoms with van der Waals surface area (Å²) in [7, 11) is 0. The average molecular weight is 385 g/mol. The first kappa shape index (κ1) is 17.5. The minimum absolute atomic E-state index is 0.246. The van der Waals surface area contributed by atoms with E-state index < -0.39 is 0 Å². The molecular formula is C20H18ClFN4O. The van der Waals surface area contributed by atoms with Gasteiger partial charge in [0.2, 0.25) is 0 Å². The Labute approximate surface area is 161 Å². The summed E-state index contributed by atoms with van der Waals surface area (Å²) < 4.78 is 13.3. The summed E-state index contributed by atoms with van der Waals surface area (Å²) in [5.41, 5.74) is 3.33. The van der Waals surface area contributed by atoms with Crippen LogP contribution in [0.15, 0.2) is 59.5 Å². The molecule has 2 aromatic carbocycles. The highest BCUT2D eigenvalue weighted by molar-refractivity contribution is 6.33. The number of aromatic nitrogens is 2. The Kier molecular flexibility index (Phi) is 4.81. The zero-order chi connectivity index (χ0) is 18.8. The van der Waals surface area contributed by atoms with Crippen LogP contribution in [-0.4, -0.2) is 36.4 Å². The third-order valence-electron chi connectivity index (χ3n) is 4.78. The fraction of sp³-hybridized carbons (Fsp3) is 0.200. The van der Waals surface area contributed by atoms with Gasteiger partial charge in [-0.1, -0.05) is 41.9 Å². The molecule has 3 aromatic rings. The number of anilines is 2. The average Bonchev–Trinajstić information content (AvgIpc) is 2.69. The number of nitrogens with one attached hydrogen (secondary N) is 1. The van der Waals surface area contributed by atoms with Crippen LogP contribution in [0.5, 0.6) is 0 Å². The van der Waals surface area contributed by atoms with Crippen LogP contribution in [-0.2, 0) is 0 Å². The molecule has 0 unspecified atom stereocenters. The van der Waals surface area contributed by atoms with E-state index in [9.17, 15) is 9.18 Å². The summed E-state index contributed by atoms with van der Waals surface area (Å²) in [6.07, 6.45) is 1.45. The van der Waals surface area contributed by atoms with E-state index in [1.54, 1.807) is 12.1 Å². The van der Waals surface area contributed by atoms with Gasteiger partial charge in [-0.25, -0.2) is 9.49 Å². The van der Waals surface area contributed by atoms with Gasteiger partial charge in [0.15, 0.2) is 0 Å². The molecule has 2 heterocycles. The van der Waals surface area contributed by atoms with Crippen molar-refractivity contribution in [3.63, 3.8) is 0 Å². The molecule has 0 spiro atoms. The molecule has 1 aromatic heterocycles. The van der Waals surface area contributed by atoms with Crippen LogP contribution in [0.3, 0.4) is 0 Å². The number of hydrogen-bond acceptors (Lipinski definition) is 4. The van der Waals surface area contributed by atoms with Crippen LogP contribution in [0.4, 0.5) is 15.8 Å². The van der Waals surface area contributed by atoms with E-state index in [1.807, 2.05) is 23.1 Å². The third-order valence-corrected chi connectivity index (χ3v) is 5.06. The van der Waals surface area contributed by atoms with Crippen molar-refractivity contribution < 1.29 is 4.39 Å². The molecule has 5 nitrogen and oxygen atoms in total. The van der Waals surface area contributed by atoms with E-state index in [1.165, 1.54) is 18.3 Å². The van der Waals surface area contributed by atoms with E-state index in [0.717, 1.165) is 29.9 Å². The molecule has 7 heteroatoms. The van der Waals surface area contributed by atoms with Gasteiger partial charge in [-0.2, -0.15) is 5.10 Å². The number of benzene rings is 2. The van der Waals surface area contributed by atoms with Crippen molar-refractivity contribution in [2.75, 3.05) is 36.0 Å². The highest BCUT2D eigenvalue weighted by Crippen LogP contribution is 2.32. The minimum Gasteiger partial charge on any atom is -0.367 e. The zero-order valence-corrected chi connectivity index (χ0v) is 15.3. The largest absolute Gasteiger partial charge is 0.367 e. The molecule has 1 saturated heterocycles. The molecule has 0 radical (unpaired) electrons. The number of nitrogens with zero attached hydrogens (tertiary/aromatic N) is 3. The summed E-state index contributed by atoms with van der Waals surface area (Å²) in [6, 6.07) is 14.6. The fourth-order valence-electron chi connectivity index (χ4n) is 3.46. The van der Waals surface area contributed by atoms with Gasteiger partial charge >= 0.3 is 0 Å². The van der Waals surface area contributed by atoms with Crippen molar-refractivity contribution in [2.24, 2.45) is 0 Å². The topological polar surface area (TPSA) is 52.2 Å². The van der Waals surface area contributed by atoms with Crippen LogP contribution in [0.25, 0.3) is 11.1 Å².